The minimum atomic E-state index is -0.226. The zero-order valence-corrected chi connectivity index (χ0v) is 8.49. The molecule has 3 heteroatoms. The zero-order chi connectivity index (χ0) is 10.6. The van der Waals surface area contributed by atoms with Crippen LogP contribution < -0.4 is 5.73 Å². The van der Waals surface area contributed by atoms with Gasteiger partial charge in [-0.3, -0.25) is 4.79 Å². The Bertz CT molecular complexity index is 306. The second-order valence-corrected chi connectivity index (χ2v) is 3.14. The summed E-state index contributed by atoms with van der Waals surface area (Å²) in [6.45, 7) is 4.04. The molecule has 0 aromatic heterocycles. The molecule has 3 nitrogen and oxygen atoms in total. The van der Waals surface area contributed by atoms with E-state index in [1.807, 2.05) is 19.1 Å². The molecule has 0 radical (unpaired) electrons. The summed E-state index contributed by atoms with van der Waals surface area (Å²) in [5.41, 5.74) is 7.17. The van der Waals surface area contributed by atoms with Crippen LogP contribution in [0.15, 0.2) is 24.3 Å². The maximum absolute atomic E-state index is 11.4. The molecule has 1 aromatic rings. The summed E-state index contributed by atoms with van der Waals surface area (Å²) in [6, 6.07) is 7.25. The van der Waals surface area contributed by atoms with E-state index in [-0.39, 0.29) is 11.9 Å². The van der Waals surface area contributed by atoms with Crippen LogP contribution in [-0.4, -0.2) is 12.6 Å². The van der Waals surface area contributed by atoms with Crippen LogP contribution in [0.5, 0.6) is 0 Å². The van der Waals surface area contributed by atoms with Gasteiger partial charge in [0.05, 0.1) is 12.5 Å². The molecule has 1 rings (SSSR count). The first-order chi connectivity index (χ1) is 6.65. The van der Waals surface area contributed by atoms with E-state index in [4.69, 9.17) is 10.5 Å². The van der Waals surface area contributed by atoms with Gasteiger partial charge in [-0.05, 0) is 31.5 Å². The van der Waals surface area contributed by atoms with Gasteiger partial charge in [-0.25, -0.2) is 0 Å². The Morgan fingerprint density at radius 2 is 2.00 bits per heavy atom. The number of esters is 1. The number of carbonyl (C=O) groups is 1. The molecule has 0 fully saturated rings. The smallest absolute Gasteiger partial charge is 0.313 e. The fourth-order valence-corrected chi connectivity index (χ4v) is 1.19. The van der Waals surface area contributed by atoms with Crippen molar-refractivity contribution in [3.8, 4) is 0 Å². The van der Waals surface area contributed by atoms with Crippen molar-refractivity contribution in [2.45, 2.75) is 19.8 Å². The molecule has 1 atom stereocenters. The first-order valence-corrected chi connectivity index (χ1v) is 4.67. The molecule has 0 bridgehead atoms. The molecular formula is C11H15NO2. The predicted molar refractivity (Wildman–Crippen MR) is 55.9 cm³/mol. The van der Waals surface area contributed by atoms with E-state index in [1.54, 1.807) is 19.1 Å². The summed E-state index contributed by atoms with van der Waals surface area (Å²) >= 11 is 0. The van der Waals surface area contributed by atoms with Crippen molar-refractivity contribution >= 4 is 11.7 Å². The van der Waals surface area contributed by atoms with Crippen molar-refractivity contribution in [3.05, 3.63) is 29.8 Å². The third-order valence-corrected chi connectivity index (χ3v) is 2.08. The molecule has 1 unspecified atom stereocenters. The Labute approximate surface area is 83.9 Å². The van der Waals surface area contributed by atoms with Gasteiger partial charge in [0.15, 0.2) is 0 Å². The van der Waals surface area contributed by atoms with E-state index in [0.29, 0.717) is 12.3 Å². The van der Waals surface area contributed by atoms with Crippen molar-refractivity contribution in [2.75, 3.05) is 12.3 Å². The average Bonchev–Trinajstić information content (AvgIpc) is 2.18. The second kappa shape index (κ2) is 4.65. The lowest BCUT2D eigenvalue weighted by Gasteiger charge is -2.10. The van der Waals surface area contributed by atoms with Crippen LogP contribution in [-0.2, 0) is 9.53 Å². The Hall–Kier alpha value is -1.51. The van der Waals surface area contributed by atoms with E-state index in [1.165, 1.54) is 0 Å². The molecule has 1 aromatic carbocycles. The Morgan fingerprint density at radius 1 is 1.43 bits per heavy atom. The number of carbonyl (C=O) groups excluding carboxylic acids is 1. The van der Waals surface area contributed by atoms with Crippen LogP contribution in [0.25, 0.3) is 0 Å². The van der Waals surface area contributed by atoms with Gasteiger partial charge in [0.25, 0.3) is 0 Å². The second-order valence-electron chi connectivity index (χ2n) is 3.14. The van der Waals surface area contributed by atoms with Gasteiger partial charge < -0.3 is 10.5 Å². The van der Waals surface area contributed by atoms with Crippen molar-refractivity contribution in [2.24, 2.45) is 0 Å². The largest absolute Gasteiger partial charge is 0.466 e. The minimum absolute atomic E-state index is 0.197. The molecule has 0 aliphatic carbocycles. The van der Waals surface area contributed by atoms with Crippen LogP contribution in [0, 0.1) is 0 Å². The molecule has 0 saturated heterocycles. The predicted octanol–water partition coefficient (Wildman–Crippen LogP) is 1.94. The van der Waals surface area contributed by atoms with Crippen LogP contribution in [0.3, 0.4) is 0 Å². The number of benzene rings is 1. The van der Waals surface area contributed by atoms with Crippen LogP contribution >= 0.6 is 0 Å². The van der Waals surface area contributed by atoms with E-state index in [9.17, 15) is 4.79 Å². The van der Waals surface area contributed by atoms with Gasteiger partial charge in [-0.2, -0.15) is 0 Å². The maximum atomic E-state index is 11.4. The lowest BCUT2D eigenvalue weighted by atomic mass is 10.0. The summed E-state index contributed by atoms with van der Waals surface area (Å²) < 4.78 is 4.92. The van der Waals surface area contributed by atoms with Crippen molar-refractivity contribution < 1.29 is 9.53 Å². The highest BCUT2D eigenvalue weighted by Gasteiger charge is 2.15. The lowest BCUT2D eigenvalue weighted by molar-refractivity contribution is -0.144. The lowest BCUT2D eigenvalue weighted by Crippen LogP contribution is -2.12. The van der Waals surface area contributed by atoms with E-state index in [0.717, 1.165) is 5.56 Å². The average molecular weight is 193 g/mol. The van der Waals surface area contributed by atoms with Gasteiger partial charge in [0.2, 0.25) is 0 Å². The van der Waals surface area contributed by atoms with Crippen LogP contribution in [0.4, 0.5) is 5.69 Å². The van der Waals surface area contributed by atoms with E-state index < -0.39 is 0 Å². The number of nitrogen functional groups attached to an aromatic ring is 1. The van der Waals surface area contributed by atoms with Gasteiger partial charge in [0, 0.05) is 5.69 Å². The highest BCUT2D eigenvalue weighted by atomic mass is 16.5. The molecule has 0 aliphatic rings. The summed E-state index contributed by atoms with van der Waals surface area (Å²) in [6.07, 6.45) is 0. The fraction of sp³-hybridized carbons (Fsp3) is 0.364. The number of hydrogen-bond donors (Lipinski definition) is 1. The van der Waals surface area contributed by atoms with Crippen LogP contribution in [0.1, 0.15) is 25.3 Å². The van der Waals surface area contributed by atoms with Gasteiger partial charge in [0.1, 0.15) is 0 Å². The molecular weight excluding hydrogens is 178 g/mol. The van der Waals surface area contributed by atoms with Gasteiger partial charge >= 0.3 is 5.97 Å². The summed E-state index contributed by atoms with van der Waals surface area (Å²) in [4.78, 5) is 11.4. The minimum Gasteiger partial charge on any atom is -0.466 e. The normalized spacial score (nSPS) is 12.1. The first kappa shape index (κ1) is 10.6. The highest BCUT2D eigenvalue weighted by molar-refractivity contribution is 5.77. The fourth-order valence-electron chi connectivity index (χ4n) is 1.19. The third kappa shape index (κ3) is 2.49. The summed E-state index contributed by atoms with van der Waals surface area (Å²) in [5, 5.41) is 0. The Kier molecular flexibility index (Phi) is 3.51. The third-order valence-electron chi connectivity index (χ3n) is 2.08. The first-order valence-electron chi connectivity index (χ1n) is 4.67. The van der Waals surface area contributed by atoms with E-state index >= 15 is 0 Å². The molecule has 0 saturated carbocycles. The zero-order valence-electron chi connectivity index (χ0n) is 8.49. The highest BCUT2D eigenvalue weighted by Crippen LogP contribution is 2.17. The number of nitrogens with two attached hydrogens (primary N) is 1. The SMILES string of the molecule is CCOC(=O)C(C)c1ccc(N)cc1. The Morgan fingerprint density at radius 3 is 2.50 bits per heavy atom. The molecule has 2 N–H and O–H groups in total. The monoisotopic (exact) mass is 193 g/mol. The molecule has 0 aliphatic heterocycles. The topological polar surface area (TPSA) is 52.3 Å². The summed E-state index contributed by atoms with van der Waals surface area (Å²) in [7, 11) is 0. The molecule has 76 valence electrons. The molecule has 0 amide bonds. The standard InChI is InChI=1S/C11H15NO2/c1-3-14-11(13)8(2)9-4-6-10(12)7-5-9/h4-8H,3,12H2,1-2H3. The van der Waals surface area contributed by atoms with Gasteiger partial charge in [-0.15, -0.1) is 0 Å². The number of rotatable bonds is 3. The number of anilines is 1. The Balaban J connectivity index is 2.73. The van der Waals surface area contributed by atoms with Gasteiger partial charge in [-0.1, -0.05) is 12.1 Å². The maximum Gasteiger partial charge on any atom is 0.313 e. The molecule has 14 heavy (non-hydrogen) atoms. The van der Waals surface area contributed by atoms with Crippen molar-refractivity contribution in [1.82, 2.24) is 0 Å². The summed E-state index contributed by atoms with van der Waals surface area (Å²) in [5.74, 6) is -0.423. The number of hydrogen-bond acceptors (Lipinski definition) is 3. The number of ether oxygens (including phenoxy) is 1. The van der Waals surface area contributed by atoms with Crippen molar-refractivity contribution in [1.29, 1.82) is 0 Å². The molecule has 0 heterocycles. The van der Waals surface area contributed by atoms with E-state index in [2.05, 4.69) is 0 Å². The molecule has 0 spiro atoms. The van der Waals surface area contributed by atoms with Crippen molar-refractivity contribution in [3.63, 3.8) is 0 Å². The van der Waals surface area contributed by atoms with Crippen LogP contribution in [0.2, 0.25) is 0 Å². The quantitative estimate of drug-likeness (QED) is 0.589.